The predicted octanol–water partition coefficient (Wildman–Crippen LogP) is 4.57. The first kappa shape index (κ1) is 16.1. The molecule has 124 valence electrons. The summed E-state index contributed by atoms with van der Waals surface area (Å²) in [5.74, 6) is 1.21. The highest BCUT2D eigenvalue weighted by atomic mass is 16.7. The minimum Gasteiger partial charge on any atom is -0.454 e. The second kappa shape index (κ2) is 7.68. The van der Waals surface area contributed by atoms with Gasteiger partial charge in [0.1, 0.15) is 0 Å². The Morgan fingerprint density at radius 1 is 1.12 bits per heavy atom. The van der Waals surface area contributed by atoms with E-state index in [1.54, 1.807) is 24.4 Å². The van der Waals surface area contributed by atoms with Gasteiger partial charge in [0.25, 0.3) is 0 Å². The lowest BCUT2D eigenvalue weighted by Crippen LogP contribution is -1.96. The minimum atomic E-state index is -0.0830. The number of allylic oxidation sites excluding steroid dienone is 1. The van der Waals surface area contributed by atoms with Crippen LogP contribution in [-0.4, -0.2) is 12.6 Å². The number of aryl methyl sites for hydroxylation is 1. The quantitative estimate of drug-likeness (QED) is 0.599. The molecule has 4 nitrogen and oxygen atoms in total. The predicted molar refractivity (Wildman–Crippen MR) is 94.7 cm³/mol. The molecule has 0 saturated heterocycles. The first-order valence-corrected chi connectivity index (χ1v) is 8.22. The second-order valence-corrected chi connectivity index (χ2v) is 5.71. The van der Waals surface area contributed by atoms with Crippen LogP contribution in [0.4, 0.5) is 5.69 Å². The molecule has 0 saturated carbocycles. The number of hydrogen-bond acceptors (Lipinski definition) is 4. The summed E-state index contributed by atoms with van der Waals surface area (Å²) in [7, 11) is 0. The van der Waals surface area contributed by atoms with E-state index in [0.717, 1.165) is 12.1 Å². The van der Waals surface area contributed by atoms with Gasteiger partial charge in [0, 0.05) is 23.5 Å². The number of hydrogen-bond donors (Lipinski definition) is 1. The van der Waals surface area contributed by atoms with E-state index in [-0.39, 0.29) is 12.6 Å². The van der Waals surface area contributed by atoms with Gasteiger partial charge in [0.15, 0.2) is 17.3 Å². The number of rotatable bonds is 7. The van der Waals surface area contributed by atoms with E-state index in [1.807, 2.05) is 12.1 Å². The smallest absolute Gasteiger partial charge is 0.231 e. The van der Waals surface area contributed by atoms with Crippen molar-refractivity contribution in [1.29, 1.82) is 0 Å². The van der Waals surface area contributed by atoms with Crippen molar-refractivity contribution in [3.8, 4) is 11.5 Å². The molecule has 0 bridgehead atoms. The number of carbonyl (C=O) groups excluding carboxylic acids is 1. The summed E-state index contributed by atoms with van der Waals surface area (Å²) in [6, 6.07) is 13.5. The summed E-state index contributed by atoms with van der Waals surface area (Å²) in [4.78, 5) is 12.2. The lowest BCUT2D eigenvalue weighted by atomic mass is 10.1. The van der Waals surface area contributed by atoms with Crippen LogP contribution >= 0.6 is 0 Å². The Morgan fingerprint density at radius 2 is 1.92 bits per heavy atom. The van der Waals surface area contributed by atoms with Crippen LogP contribution in [0.2, 0.25) is 0 Å². The van der Waals surface area contributed by atoms with Crippen LogP contribution in [0.25, 0.3) is 0 Å². The molecule has 0 spiro atoms. The highest BCUT2D eigenvalue weighted by Crippen LogP contribution is 2.32. The number of benzene rings is 2. The summed E-state index contributed by atoms with van der Waals surface area (Å²) in [5, 5.41) is 3.12. The number of anilines is 1. The van der Waals surface area contributed by atoms with E-state index in [4.69, 9.17) is 9.47 Å². The molecule has 4 heteroatoms. The van der Waals surface area contributed by atoms with Crippen LogP contribution in [0.3, 0.4) is 0 Å². The van der Waals surface area contributed by atoms with Crippen molar-refractivity contribution in [3.63, 3.8) is 0 Å². The zero-order valence-corrected chi connectivity index (χ0v) is 13.7. The highest BCUT2D eigenvalue weighted by molar-refractivity contribution is 6.05. The fraction of sp³-hybridized carbons (Fsp3) is 0.250. The third-order valence-corrected chi connectivity index (χ3v) is 3.91. The van der Waals surface area contributed by atoms with E-state index in [1.165, 1.54) is 24.5 Å². The molecule has 1 aliphatic rings. The van der Waals surface area contributed by atoms with Gasteiger partial charge in [0.2, 0.25) is 6.79 Å². The van der Waals surface area contributed by atoms with Crippen LogP contribution in [0.15, 0.2) is 54.7 Å². The third kappa shape index (κ3) is 3.96. The number of fused-ring (bicyclic) bond motifs is 1. The number of carbonyl (C=O) groups is 1. The van der Waals surface area contributed by atoms with Gasteiger partial charge in [-0.2, -0.15) is 0 Å². The van der Waals surface area contributed by atoms with Crippen LogP contribution in [0.1, 0.15) is 35.7 Å². The molecule has 2 aromatic carbocycles. The molecule has 0 unspecified atom stereocenters. The first-order valence-electron chi connectivity index (χ1n) is 8.22. The maximum Gasteiger partial charge on any atom is 0.231 e. The van der Waals surface area contributed by atoms with Gasteiger partial charge < -0.3 is 14.8 Å². The van der Waals surface area contributed by atoms with E-state index in [2.05, 4.69) is 24.4 Å². The molecule has 1 aliphatic heterocycles. The van der Waals surface area contributed by atoms with Crippen molar-refractivity contribution in [3.05, 3.63) is 65.9 Å². The van der Waals surface area contributed by atoms with Crippen molar-refractivity contribution in [1.82, 2.24) is 0 Å². The van der Waals surface area contributed by atoms with Gasteiger partial charge in [0.05, 0.1) is 0 Å². The van der Waals surface area contributed by atoms with E-state index in [0.29, 0.717) is 17.1 Å². The molecule has 1 heterocycles. The summed E-state index contributed by atoms with van der Waals surface area (Å²) < 4.78 is 10.5. The molecule has 1 N–H and O–H groups in total. The van der Waals surface area contributed by atoms with Gasteiger partial charge >= 0.3 is 0 Å². The van der Waals surface area contributed by atoms with E-state index < -0.39 is 0 Å². The average Bonchev–Trinajstić information content (AvgIpc) is 3.08. The maximum atomic E-state index is 12.2. The van der Waals surface area contributed by atoms with Crippen LogP contribution in [0.5, 0.6) is 11.5 Å². The van der Waals surface area contributed by atoms with Crippen LogP contribution < -0.4 is 14.8 Å². The lowest BCUT2D eigenvalue weighted by Gasteiger charge is -2.03. The highest BCUT2D eigenvalue weighted by Gasteiger charge is 2.14. The molecule has 24 heavy (non-hydrogen) atoms. The Kier molecular flexibility index (Phi) is 5.16. The molecule has 0 aliphatic carbocycles. The van der Waals surface area contributed by atoms with Crippen LogP contribution in [0, 0.1) is 0 Å². The van der Waals surface area contributed by atoms with Gasteiger partial charge in [-0.15, -0.1) is 0 Å². The normalized spacial score (nSPS) is 12.5. The topological polar surface area (TPSA) is 47.6 Å². The van der Waals surface area contributed by atoms with Crippen LogP contribution in [-0.2, 0) is 6.42 Å². The molecule has 0 atom stereocenters. The van der Waals surface area contributed by atoms with E-state index >= 15 is 0 Å². The number of unbranched alkanes of at least 4 members (excludes halogenated alkanes) is 1. The number of ether oxygens (including phenoxy) is 2. The molecular weight excluding hydrogens is 302 g/mol. The molecule has 0 amide bonds. The van der Waals surface area contributed by atoms with Gasteiger partial charge in [-0.25, -0.2) is 0 Å². The third-order valence-electron chi connectivity index (χ3n) is 3.91. The Morgan fingerprint density at radius 3 is 2.71 bits per heavy atom. The van der Waals surface area contributed by atoms with Crippen molar-refractivity contribution in [2.45, 2.75) is 26.2 Å². The van der Waals surface area contributed by atoms with Gasteiger partial charge in [-0.05, 0) is 48.7 Å². The largest absolute Gasteiger partial charge is 0.454 e. The first-order chi connectivity index (χ1) is 11.8. The lowest BCUT2D eigenvalue weighted by molar-refractivity contribution is 0.104. The molecule has 3 rings (SSSR count). The van der Waals surface area contributed by atoms with Crippen molar-refractivity contribution >= 4 is 11.5 Å². The zero-order valence-electron chi connectivity index (χ0n) is 13.7. The SMILES string of the molecule is CCCCc1ccc(N/C=C/C(=O)c2ccc3c(c2)OCO3)cc1. The average molecular weight is 323 g/mol. The number of nitrogens with one attached hydrogen (secondary N) is 1. The Balaban J connectivity index is 1.56. The Labute approximate surface area is 142 Å². The summed E-state index contributed by atoms with van der Waals surface area (Å²) >= 11 is 0. The summed E-state index contributed by atoms with van der Waals surface area (Å²) in [6.45, 7) is 2.40. The second-order valence-electron chi connectivity index (χ2n) is 5.71. The minimum absolute atomic E-state index is 0.0830. The molecular formula is C20H21NO3. The molecule has 2 aromatic rings. The standard InChI is InChI=1S/C20H21NO3/c1-2-3-4-15-5-8-17(9-6-15)21-12-11-18(22)16-7-10-19-20(13-16)24-14-23-19/h5-13,21H,2-4,14H2,1H3/b12-11+. The maximum absolute atomic E-state index is 12.2. The Hall–Kier alpha value is -2.75. The fourth-order valence-corrected chi connectivity index (χ4v) is 2.51. The summed E-state index contributed by atoms with van der Waals surface area (Å²) in [5.41, 5.74) is 2.88. The molecule has 0 aromatic heterocycles. The van der Waals surface area contributed by atoms with Crippen molar-refractivity contribution < 1.29 is 14.3 Å². The Bertz CT molecular complexity index is 735. The van der Waals surface area contributed by atoms with Crippen molar-refractivity contribution in [2.75, 3.05) is 12.1 Å². The number of ketones is 1. The molecule has 0 radical (unpaired) electrons. The van der Waals surface area contributed by atoms with Gasteiger partial charge in [-0.1, -0.05) is 25.5 Å². The zero-order chi connectivity index (χ0) is 16.8. The summed E-state index contributed by atoms with van der Waals surface area (Å²) in [6.07, 6.45) is 6.69. The van der Waals surface area contributed by atoms with Gasteiger partial charge in [-0.3, -0.25) is 4.79 Å². The monoisotopic (exact) mass is 323 g/mol. The fourth-order valence-electron chi connectivity index (χ4n) is 2.51. The van der Waals surface area contributed by atoms with Crippen molar-refractivity contribution in [2.24, 2.45) is 0 Å². The van der Waals surface area contributed by atoms with E-state index in [9.17, 15) is 4.79 Å². The molecule has 0 fully saturated rings.